The second-order valence-corrected chi connectivity index (χ2v) is 5.90. The molecule has 4 aromatic rings. The SMILES string of the molecule is COc1c(F)cccc1-c1c[nH]c2nccc(-c3ccsc3)c12. The Morgan fingerprint density at radius 2 is 2.04 bits per heavy atom. The van der Waals surface area contributed by atoms with E-state index < -0.39 is 0 Å². The highest BCUT2D eigenvalue weighted by Crippen LogP contribution is 2.40. The van der Waals surface area contributed by atoms with Crippen molar-refractivity contribution in [2.75, 3.05) is 7.11 Å². The smallest absolute Gasteiger partial charge is 0.165 e. The van der Waals surface area contributed by atoms with Crippen LogP contribution in [0.3, 0.4) is 0 Å². The first-order valence-electron chi connectivity index (χ1n) is 7.11. The van der Waals surface area contributed by atoms with Crippen LogP contribution in [0.15, 0.2) is 53.5 Å². The van der Waals surface area contributed by atoms with E-state index in [0.29, 0.717) is 5.56 Å². The van der Waals surface area contributed by atoms with Gasteiger partial charge in [0.05, 0.1) is 7.11 Å². The molecule has 0 amide bonds. The number of thiophene rings is 1. The lowest BCUT2D eigenvalue weighted by atomic mass is 9.99. The number of hydrogen-bond acceptors (Lipinski definition) is 3. The van der Waals surface area contributed by atoms with Crippen LogP contribution in [-0.4, -0.2) is 17.1 Å². The Balaban J connectivity index is 2.05. The van der Waals surface area contributed by atoms with Gasteiger partial charge in [-0.05, 0) is 40.1 Å². The number of halogens is 1. The van der Waals surface area contributed by atoms with Crippen molar-refractivity contribution in [2.24, 2.45) is 0 Å². The predicted octanol–water partition coefficient (Wildman–Crippen LogP) is 5.11. The van der Waals surface area contributed by atoms with Crippen LogP contribution in [0, 0.1) is 5.82 Å². The lowest BCUT2D eigenvalue weighted by Crippen LogP contribution is -1.91. The van der Waals surface area contributed by atoms with E-state index in [1.165, 1.54) is 13.2 Å². The van der Waals surface area contributed by atoms with Crippen LogP contribution in [0.25, 0.3) is 33.3 Å². The third-order valence-corrected chi connectivity index (χ3v) is 4.55. The zero-order chi connectivity index (χ0) is 15.8. The van der Waals surface area contributed by atoms with Crippen LogP contribution in [-0.2, 0) is 0 Å². The number of benzene rings is 1. The molecule has 0 aliphatic carbocycles. The van der Waals surface area contributed by atoms with E-state index in [-0.39, 0.29) is 11.6 Å². The van der Waals surface area contributed by atoms with E-state index in [2.05, 4.69) is 21.4 Å². The Labute approximate surface area is 136 Å². The standard InChI is InChI=1S/C18H13FN2OS/c1-22-17-13(3-2-4-15(17)19)14-9-21-18-16(14)12(5-7-20-18)11-6-8-23-10-11/h2-10H,1H3,(H,20,21). The van der Waals surface area contributed by atoms with E-state index in [0.717, 1.165) is 27.7 Å². The fourth-order valence-electron chi connectivity index (χ4n) is 2.86. The summed E-state index contributed by atoms with van der Waals surface area (Å²) in [6, 6.07) is 8.99. The molecule has 0 bridgehead atoms. The van der Waals surface area contributed by atoms with Gasteiger partial charge in [-0.15, -0.1) is 0 Å². The van der Waals surface area contributed by atoms with Crippen LogP contribution in [0.5, 0.6) is 5.75 Å². The summed E-state index contributed by atoms with van der Waals surface area (Å²) >= 11 is 1.64. The molecule has 3 heterocycles. The van der Waals surface area contributed by atoms with Gasteiger partial charge in [0.2, 0.25) is 0 Å². The van der Waals surface area contributed by atoms with Crippen molar-refractivity contribution in [1.29, 1.82) is 0 Å². The average Bonchev–Trinajstić information content (AvgIpc) is 3.24. The number of nitrogens with zero attached hydrogens (tertiary/aromatic N) is 1. The molecular formula is C18H13FN2OS. The van der Waals surface area contributed by atoms with Crippen molar-refractivity contribution in [2.45, 2.75) is 0 Å². The number of aromatic nitrogens is 2. The highest BCUT2D eigenvalue weighted by Gasteiger charge is 2.17. The minimum atomic E-state index is -0.375. The molecule has 0 unspecified atom stereocenters. The van der Waals surface area contributed by atoms with E-state index in [9.17, 15) is 4.39 Å². The van der Waals surface area contributed by atoms with Crippen LogP contribution in [0.2, 0.25) is 0 Å². The first kappa shape index (κ1) is 14.0. The van der Waals surface area contributed by atoms with Crippen LogP contribution in [0.4, 0.5) is 4.39 Å². The fourth-order valence-corrected chi connectivity index (χ4v) is 3.51. The zero-order valence-electron chi connectivity index (χ0n) is 12.3. The highest BCUT2D eigenvalue weighted by atomic mass is 32.1. The number of H-pyrrole nitrogens is 1. The summed E-state index contributed by atoms with van der Waals surface area (Å²) in [5.41, 5.74) is 4.56. The number of nitrogens with one attached hydrogen (secondary N) is 1. The maximum atomic E-state index is 14.1. The van der Waals surface area contributed by atoms with Gasteiger partial charge in [0.25, 0.3) is 0 Å². The van der Waals surface area contributed by atoms with E-state index in [1.807, 2.05) is 23.7 Å². The molecule has 114 valence electrons. The summed E-state index contributed by atoms with van der Waals surface area (Å²) in [6.45, 7) is 0. The van der Waals surface area contributed by atoms with E-state index >= 15 is 0 Å². The molecule has 3 aromatic heterocycles. The number of ether oxygens (including phenoxy) is 1. The highest BCUT2D eigenvalue weighted by molar-refractivity contribution is 7.08. The molecule has 0 saturated heterocycles. The maximum Gasteiger partial charge on any atom is 0.165 e. The maximum absolute atomic E-state index is 14.1. The fraction of sp³-hybridized carbons (Fsp3) is 0.0556. The summed E-state index contributed by atoms with van der Waals surface area (Å²) in [5, 5.41) is 5.10. The molecule has 3 nitrogen and oxygen atoms in total. The van der Waals surface area contributed by atoms with Gasteiger partial charge in [-0.25, -0.2) is 9.37 Å². The van der Waals surface area contributed by atoms with Crippen LogP contribution < -0.4 is 4.74 Å². The van der Waals surface area contributed by atoms with Gasteiger partial charge >= 0.3 is 0 Å². The quantitative estimate of drug-likeness (QED) is 0.569. The molecule has 0 aliphatic heterocycles. The number of fused-ring (bicyclic) bond motifs is 1. The second-order valence-electron chi connectivity index (χ2n) is 5.12. The monoisotopic (exact) mass is 324 g/mol. The van der Waals surface area contributed by atoms with Crippen LogP contribution in [0.1, 0.15) is 0 Å². The molecule has 0 saturated carbocycles. The Morgan fingerprint density at radius 3 is 2.83 bits per heavy atom. The molecule has 0 spiro atoms. The lowest BCUT2D eigenvalue weighted by molar-refractivity contribution is 0.388. The summed E-state index contributed by atoms with van der Waals surface area (Å²) in [4.78, 5) is 7.56. The van der Waals surface area contributed by atoms with Crippen molar-refractivity contribution in [1.82, 2.24) is 9.97 Å². The summed E-state index contributed by atoms with van der Waals surface area (Å²) in [7, 11) is 1.48. The first-order valence-corrected chi connectivity index (χ1v) is 8.05. The van der Waals surface area contributed by atoms with E-state index in [1.54, 1.807) is 23.6 Å². The van der Waals surface area contributed by atoms with Crippen molar-refractivity contribution in [3.8, 4) is 28.0 Å². The third-order valence-electron chi connectivity index (χ3n) is 3.87. The Kier molecular flexibility index (Phi) is 3.35. The van der Waals surface area contributed by atoms with Gasteiger partial charge < -0.3 is 9.72 Å². The van der Waals surface area contributed by atoms with Crippen molar-refractivity contribution in [3.63, 3.8) is 0 Å². The topological polar surface area (TPSA) is 37.9 Å². The molecule has 23 heavy (non-hydrogen) atoms. The lowest BCUT2D eigenvalue weighted by Gasteiger charge is -2.10. The number of methoxy groups -OCH3 is 1. The molecule has 1 N–H and O–H groups in total. The predicted molar refractivity (Wildman–Crippen MR) is 91.4 cm³/mol. The first-order chi connectivity index (χ1) is 11.3. The zero-order valence-corrected chi connectivity index (χ0v) is 13.2. The molecule has 1 aromatic carbocycles. The van der Waals surface area contributed by atoms with Crippen LogP contribution >= 0.6 is 11.3 Å². The van der Waals surface area contributed by atoms with Crippen molar-refractivity contribution >= 4 is 22.4 Å². The minimum absolute atomic E-state index is 0.244. The molecule has 5 heteroatoms. The number of pyridine rings is 1. The molecule has 0 atom stereocenters. The van der Waals surface area contributed by atoms with E-state index in [4.69, 9.17) is 4.74 Å². The number of hydrogen-bond donors (Lipinski definition) is 1. The van der Waals surface area contributed by atoms with Gasteiger partial charge in [-0.3, -0.25) is 0 Å². The molecule has 0 radical (unpaired) electrons. The summed E-state index contributed by atoms with van der Waals surface area (Å²) < 4.78 is 19.3. The number of rotatable bonds is 3. The second kappa shape index (κ2) is 5.52. The Bertz CT molecular complexity index is 976. The largest absolute Gasteiger partial charge is 0.493 e. The van der Waals surface area contributed by atoms with Gasteiger partial charge in [0.1, 0.15) is 5.65 Å². The van der Waals surface area contributed by atoms with Gasteiger partial charge in [0.15, 0.2) is 11.6 Å². The molecule has 4 rings (SSSR count). The Hall–Kier alpha value is -2.66. The molecule has 0 aliphatic rings. The average molecular weight is 324 g/mol. The summed E-state index contributed by atoms with van der Waals surface area (Å²) in [5.74, 6) is -0.131. The van der Waals surface area contributed by atoms with Gasteiger partial charge in [0, 0.05) is 28.9 Å². The van der Waals surface area contributed by atoms with Gasteiger partial charge in [-0.2, -0.15) is 11.3 Å². The minimum Gasteiger partial charge on any atom is -0.493 e. The third kappa shape index (κ3) is 2.21. The number of aromatic amines is 1. The van der Waals surface area contributed by atoms with Crippen molar-refractivity contribution in [3.05, 3.63) is 59.3 Å². The van der Waals surface area contributed by atoms with Gasteiger partial charge in [-0.1, -0.05) is 12.1 Å². The Morgan fingerprint density at radius 1 is 1.13 bits per heavy atom. The normalized spacial score (nSPS) is 11.0. The van der Waals surface area contributed by atoms with Crippen molar-refractivity contribution < 1.29 is 9.13 Å². The molecule has 0 fully saturated rings. The number of para-hydroxylation sites is 1. The summed E-state index contributed by atoms with van der Waals surface area (Å²) in [6.07, 6.45) is 3.63. The molecular weight excluding hydrogens is 311 g/mol.